The maximum atomic E-state index is 13.3. The number of aryl methyl sites for hydroxylation is 2. The predicted molar refractivity (Wildman–Crippen MR) is 161 cm³/mol. The highest BCUT2D eigenvalue weighted by Gasteiger charge is 2.37. The quantitative estimate of drug-likeness (QED) is 0.212. The number of ether oxygens (including phenoxy) is 2. The van der Waals surface area contributed by atoms with E-state index in [1.54, 1.807) is 19.1 Å². The molecule has 3 aromatic carbocycles. The zero-order chi connectivity index (χ0) is 29.8. The van der Waals surface area contributed by atoms with Crippen LogP contribution in [0, 0.1) is 13.8 Å². The third kappa shape index (κ3) is 6.90. The van der Waals surface area contributed by atoms with E-state index >= 15 is 0 Å². The van der Waals surface area contributed by atoms with E-state index in [4.69, 9.17) is 32.7 Å². The third-order valence-corrected chi connectivity index (χ3v) is 7.37. The van der Waals surface area contributed by atoms with Gasteiger partial charge in [0.1, 0.15) is 5.57 Å². The van der Waals surface area contributed by atoms with Crippen LogP contribution in [0.3, 0.4) is 0 Å². The van der Waals surface area contributed by atoms with E-state index in [9.17, 15) is 19.2 Å². The van der Waals surface area contributed by atoms with E-state index in [2.05, 4.69) is 26.6 Å². The summed E-state index contributed by atoms with van der Waals surface area (Å²) in [5, 5.41) is 5.33. The van der Waals surface area contributed by atoms with Gasteiger partial charge in [0.2, 0.25) is 0 Å². The van der Waals surface area contributed by atoms with Gasteiger partial charge in [0, 0.05) is 5.69 Å². The Labute approximate surface area is 254 Å². The first-order chi connectivity index (χ1) is 19.5. The summed E-state index contributed by atoms with van der Waals surface area (Å²) in [5.74, 6) is -1.56. The molecule has 3 aromatic rings. The van der Waals surface area contributed by atoms with Gasteiger partial charge in [0.25, 0.3) is 17.7 Å². The lowest BCUT2D eigenvalue weighted by molar-refractivity contribution is -0.122. The van der Waals surface area contributed by atoms with Gasteiger partial charge in [-0.2, -0.15) is 0 Å². The molecule has 12 heteroatoms. The lowest BCUT2D eigenvalue weighted by Crippen LogP contribution is -2.54. The molecule has 212 valence electrons. The molecule has 0 unspecified atom stereocenters. The van der Waals surface area contributed by atoms with Gasteiger partial charge in [0.15, 0.2) is 18.1 Å². The molecule has 1 saturated heterocycles. The normalized spacial score (nSPS) is 14.2. The van der Waals surface area contributed by atoms with Crippen molar-refractivity contribution in [1.29, 1.82) is 0 Å². The van der Waals surface area contributed by atoms with E-state index in [1.807, 2.05) is 32.0 Å². The number of amides is 5. The van der Waals surface area contributed by atoms with Gasteiger partial charge in [-0.1, -0.05) is 29.3 Å². The maximum absolute atomic E-state index is 13.3. The molecule has 41 heavy (non-hydrogen) atoms. The molecular weight excluding hydrogens is 637 g/mol. The molecule has 0 radical (unpaired) electrons. The van der Waals surface area contributed by atoms with Crippen molar-refractivity contribution in [2.24, 2.45) is 0 Å². The minimum atomic E-state index is -0.922. The molecule has 0 spiro atoms. The minimum absolute atomic E-state index is 0.135. The molecule has 5 amide bonds. The Morgan fingerprint density at radius 3 is 2.44 bits per heavy atom. The first kappa shape index (κ1) is 30.1. The van der Waals surface area contributed by atoms with Crippen LogP contribution in [-0.4, -0.2) is 37.0 Å². The second-order valence-electron chi connectivity index (χ2n) is 8.96. The average molecular weight is 661 g/mol. The fraction of sp³-hybridized carbons (Fsp3) is 0.172. The Kier molecular flexibility index (Phi) is 9.37. The summed E-state index contributed by atoms with van der Waals surface area (Å²) in [6.45, 7) is 5.69. The molecule has 1 heterocycles. The van der Waals surface area contributed by atoms with Gasteiger partial charge in [-0.15, -0.1) is 0 Å². The predicted octanol–water partition coefficient (Wildman–Crippen LogP) is 6.46. The molecule has 9 nitrogen and oxygen atoms in total. The number of hydrogen-bond acceptors (Lipinski definition) is 6. The summed E-state index contributed by atoms with van der Waals surface area (Å²) in [4.78, 5) is 51.8. The Morgan fingerprint density at radius 1 is 1.00 bits per heavy atom. The zero-order valence-electron chi connectivity index (χ0n) is 22.1. The number of carbonyl (C=O) groups excluding carboxylic acids is 4. The van der Waals surface area contributed by atoms with Crippen molar-refractivity contribution in [3.63, 3.8) is 0 Å². The molecule has 2 N–H and O–H groups in total. The van der Waals surface area contributed by atoms with Crippen molar-refractivity contribution < 1.29 is 28.7 Å². The molecule has 0 aromatic heterocycles. The molecular formula is C29H24BrCl2N3O6. The number of benzene rings is 3. The van der Waals surface area contributed by atoms with Gasteiger partial charge < -0.3 is 14.8 Å². The lowest BCUT2D eigenvalue weighted by atomic mass is 10.1. The summed E-state index contributed by atoms with van der Waals surface area (Å²) >= 11 is 15.4. The number of carbonyl (C=O) groups is 4. The van der Waals surface area contributed by atoms with Gasteiger partial charge >= 0.3 is 6.03 Å². The van der Waals surface area contributed by atoms with Crippen molar-refractivity contribution in [1.82, 2.24) is 5.32 Å². The number of urea groups is 1. The molecule has 0 saturated carbocycles. The molecule has 0 aliphatic carbocycles. The summed E-state index contributed by atoms with van der Waals surface area (Å²) in [7, 11) is 0. The SMILES string of the molecule is CCOc1cc(/C=C2/C(=O)NC(=O)N(c3ccc(Cl)c(Cl)c3)C2=O)cc(Br)c1OCC(=O)Nc1ccc(C)c(C)c1. The number of imide groups is 2. The van der Waals surface area contributed by atoms with E-state index in [0.29, 0.717) is 15.7 Å². The van der Waals surface area contributed by atoms with E-state index in [0.717, 1.165) is 16.0 Å². The van der Waals surface area contributed by atoms with Crippen LogP contribution in [0.4, 0.5) is 16.2 Å². The number of hydrogen-bond donors (Lipinski definition) is 2. The van der Waals surface area contributed by atoms with Crippen molar-refractivity contribution in [3.05, 3.63) is 85.3 Å². The molecule has 1 aliphatic heterocycles. The summed E-state index contributed by atoms with van der Waals surface area (Å²) < 4.78 is 11.9. The number of anilines is 2. The Bertz CT molecular complexity index is 1610. The topological polar surface area (TPSA) is 114 Å². The fourth-order valence-electron chi connectivity index (χ4n) is 3.91. The number of halogens is 3. The van der Waals surface area contributed by atoms with Gasteiger partial charge in [-0.05, 0) is 102 Å². The number of rotatable bonds is 8. The van der Waals surface area contributed by atoms with Crippen LogP contribution in [0.15, 0.2) is 58.6 Å². The average Bonchev–Trinajstić information content (AvgIpc) is 2.90. The maximum Gasteiger partial charge on any atom is 0.335 e. The second kappa shape index (κ2) is 12.8. The van der Waals surface area contributed by atoms with Gasteiger partial charge in [0.05, 0.1) is 26.8 Å². The van der Waals surface area contributed by atoms with E-state index in [1.165, 1.54) is 24.3 Å². The third-order valence-electron chi connectivity index (χ3n) is 6.04. The lowest BCUT2D eigenvalue weighted by Gasteiger charge is -2.26. The van der Waals surface area contributed by atoms with Crippen LogP contribution < -0.4 is 25.0 Å². The molecule has 4 rings (SSSR count). The summed E-state index contributed by atoms with van der Waals surface area (Å²) in [5.41, 5.74) is 3.04. The van der Waals surface area contributed by atoms with Crippen molar-refractivity contribution >= 4 is 80.3 Å². The first-order valence-electron chi connectivity index (χ1n) is 12.3. The summed E-state index contributed by atoms with van der Waals surface area (Å²) in [6.07, 6.45) is 1.32. The van der Waals surface area contributed by atoms with Crippen molar-refractivity contribution in [3.8, 4) is 11.5 Å². The molecule has 1 aliphatic rings. The first-order valence-corrected chi connectivity index (χ1v) is 13.9. The zero-order valence-corrected chi connectivity index (χ0v) is 25.2. The molecule has 1 fully saturated rings. The Balaban J connectivity index is 1.58. The van der Waals surface area contributed by atoms with Crippen LogP contribution in [0.25, 0.3) is 6.08 Å². The van der Waals surface area contributed by atoms with E-state index < -0.39 is 17.8 Å². The van der Waals surface area contributed by atoms with Crippen molar-refractivity contribution in [2.75, 3.05) is 23.4 Å². The monoisotopic (exact) mass is 659 g/mol. The summed E-state index contributed by atoms with van der Waals surface area (Å²) in [6, 6.07) is 12.0. The Morgan fingerprint density at radius 2 is 1.76 bits per heavy atom. The Hall–Kier alpha value is -3.86. The smallest absolute Gasteiger partial charge is 0.335 e. The number of nitrogens with one attached hydrogen (secondary N) is 2. The highest BCUT2D eigenvalue weighted by atomic mass is 79.9. The standard InChI is InChI=1S/C29H24BrCl2N3O6/c1-4-40-24-12-17(11-21(30)26(24)41-14-25(36)33-18-6-5-15(2)16(3)9-18)10-20-27(37)34-29(39)35(28(20)38)19-7-8-22(31)23(32)13-19/h5-13H,4,14H2,1-3H3,(H,33,36)(H,34,37,39)/b20-10-. The van der Waals surface area contributed by atoms with Crippen molar-refractivity contribution in [2.45, 2.75) is 20.8 Å². The van der Waals surface area contributed by atoms with Gasteiger partial charge in [-0.3, -0.25) is 19.7 Å². The van der Waals surface area contributed by atoms with E-state index in [-0.39, 0.29) is 51.9 Å². The van der Waals surface area contributed by atoms with Gasteiger partial charge in [-0.25, -0.2) is 9.69 Å². The van der Waals surface area contributed by atoms with Crippen LogP contribution in [0.1, 0.15) is 23.6 Å². The fourth-order valence-corrected chi connectivity index (χ4v) is 4.78. The number of barbiturate groups is 1. The highest BCUT2D eigenvalue weighted by molar-refractivity contribution is 9.10. The molecule has 0 bridgehead atoms. The van der Waals surface area contributed by atoms with Crippen LogP contribution in [0.2, 0.25) is 10.0 Å². The number of nitrogens with zero attached hydrogens (tertiary/aromatic N) is 1. The van der Waals surface area contributed by atoms with Crippen LogP contribution >= 0.6 is 39.1 Å². The molecule has 0 atom stereocenters. The van der Waals surface area contributed by atoms with Crippen LogP contribution in [-0.2, 0) is 14.4 Å². The largest absolute Gasteiger partial charge is 0.490 e. The highest BCUT2D eigenvalue weighted by Crippen LogP contribution is 2.38. The second-order valence-corrected chi connectivity index (χ2v) is 10.6. The minimum Gasteiger partial charge on any atom is -0.490 e. The van der Waals surface area contributed by atoms with Crippen LogP contribution in [0.5, 0.6) is 11.5 Å².